The lowest BCUT2D eigenvalue weighted by Crippen LogP contribution is -2.41. The van der Waals surface area contributed by atoms with Crippen molar-refractivity contribution in [2.75, 3.05) is 40.4 Å². The number of hydrogen-bond donors (Lipinski definition) is 0. The summed E-state index contributed by atoms with van der Waals surface area (Å²) >= 11 is 0. The van der Waals surface area contributed by atoms with Gasteiger partial charge in [0.1, 0.15) is 0 Å². The number of hydrogen-bond acceptors (Lipinski definition) is 6. The molecule has 408 valence electrons. The van der Waals surface area contributed by atoms with Gasteiger partial charge in [0.25, 0.3) is 0 Å². The third kappa shape index (κ3) is 45.7. The minimum atomic E-state index is -0.193. The Balaban J connectivity index is 5.20. The van der Waals surface area contributed by atoms with E-state index in [4.69, 9.17) is 9.47 Å². The van der Waals surface area contributed by atoms with Crippen LogP contribution < -0.4 is 0 Å². The fraction of sp³-hybridized carbons (Fsp3) is 0.919. The highest BCUT2D eigenvalue weighted by Gasteiger charge is 2.23. The predicted molar refractivity (Wildman–Crippen MR) is 299 cm³/mol. The first-order valence-electron chi connectivity index (χ1n) is 30.6. The molecule has 0 aliphatic carbocycles. The molecule has 0 radical (unpaired) electrons. The Hall–Kier alpha value is -1.89. The Morgan fingerprint density at radius 2 is 0.841 bits per heavy atom. The van der Waals surface area contributed by atoms with Crippen LogP contribution in [-0.2, 0) is 23.9 Å². The van der Waals surface area contributed by atoms with Crippen LogP contribution in [-0.4, -0.2) is 74.1 Å². The maximum Gasteiger partial charge on any atom is 0.330 e. The van der Waals surface area contributed by atoms with Crippen molar-refractivity contribution in [2.24, 2.45) is 11.8 Å². The molecular weight excluding hydrogens is 853 g/mol. The first-order valence-corrected chi connectivity index (χ1v) is 30.6. The molecular formula is C62H120N2O5. The highest BCUT2D eigenvalue weighted by Crippen LogP contribution is 2.24. The quantitative estimate of drug-likeness (QED) is 0.0343. The van der Waals surface area contributed by atoms with E-state index in [1.807, 2.05) is 6.08 Å². The molecule has 0 aromatic heterocycles. The normalized spacial score (nSPS) is 12.7. The molecule has 0 aromatic carbocycles. The number of carbonyl (C=O) groups excluding carboxylic acids is 3. The summed E-state index contributed by atoms with van der Waals surface area (Å²) in [5.74, 6) is 1.22. The van der Waals surface area contributed by atoms with Crippen LogP contribution in [0.1, 0.15) is 311 Å². The highest BCUT2D eigenvalue weighted by molar-refractivity contribution is 5.81. The fourth-order valence-electron chi connectivity index (χ4n) is 10.1. The van der Waals surface area contributed by atoms with Crippen molar-refractivity contribution in [1.29, 1.82) is 0 Å². The zero-order valence-corrected chi connectivity index (χ0v) is 47.6. The molecule has 0 spiro atoms. The second-order valence-corrected chi connectivity index (χ2v) is 21.7. The van der Waals surface area contributed by atoms with Gasteiger partial charge in [-0.05, 0) is 96.7 Å². The minimum absolute atomic E-state index is 0.0520. The topological polar surface area (TPSA) is 76.2 Å². The van der Waals surface area contributed by atoms with Gasteiger partial charge in [0.15, 0.2) is 0 Å². The van der Waals surface area contributed by atoms with Crippen LogP contribution in [0, 0.1) is 11.8 Å². The van der Waals surface area contributed by atoms with Crippen molar-refractivity contribution in [3.63, 3.8) is 0 Å². The second kappa shape index (κ2) is 52.4. The minimum Gasteiger partial charge on any atom is -0.466 e. The van der Waals surface area contributed by atoms with Crippen LogP contribution in [0.4, 0.5) is 0 Å². The number of unbranched alkanes of at least 4 members (excludes halogenated alkanes) is 26. The molecule has 2 atom stereocenters. The van der Waals surface area contributed by atoms with Gasteiger partial charge < -0.3 is 19.3 Å². The molecule has 0 aliphatic rings. The van der Waals surface area contributed by atoms with Crippen LogP contribution in [0.15, 0.2) is 12.2 Å². The monoisotopic (exact) mass is 973 g/mol. The van der Waals surface area contributed by atoms with E-state index in [0.29, 0.717) is 43.8 Å². The summed E-state index contributed by atoms with van der Waals surface area (Å²) in [6, 6.07) is 0.261. The summed E-state index contributed by atoms with van der Waals surface area (Å²) in [7, 11) is 4.24. The van der Waals surface area contributed by atoms with Crippen molar-refractivity contribution >= 4 is 17.8 Å². The standard InChI is InChI=1S/C62H120N2O5/c1-8-13-18-23-25-26-28-37-47-59(48-38-29-31-41-51-62(67)69-56-58(45-35-22-17-12-5)46-36-27-24-19-14-9-2)64(54-42-53-63(6)7)60(65)49-39-30-32-40-50-61(66)68-55-52-57(43-33-20-15-10-3)44-34-21-16-11-4/h41,51,57-59H,8-40,42-50,52-56H2,1-7H3. The van der Waals surface area contributed by atoms with Gasteiger partial charge in [0.2, 0.25) is 5.91 Å². The van der Waals surface area contributed by atoms with Gasteiger partial charge in [-0.2, -0.15) is 0 Å². The predicted octanol–water partition coefficient (Wildman–Crippen LogP) is 18.5. The lowest BCUT2D eigenvalue weighted by atomic mass is 9.92. The van der Waals surface area contributed by atoms with Crippen LogP contribution in [0.25, 0.3) is 0 Å². The molecule has 0 aromatic rings. The molecule has 2 unspecified atom stereocenters. The molecule has 7 nitrogen and oxygen atoms in total. The zero-order valence-electron chi connectivity index (χ0n) is 47.6. The number of rotatable bonds is 54. The fourth-order valence-corrected chi connectivity index (χ4v) is 10.1. The summed E-state index contributed by atoms with van der Waals surface area (Å²) in [6.07, 6.45) is 53.9. The maximum absolute atomic E-state index is 14.1. The summed E-state index contributed by atoms with van der Waals surface area (Å²) in [5, 5.41) is 0. The molecule has 7 heteroatoms. The molecule has 0 rings (SSSR count). The van der Waals surface area contributed by atoms with E-state index in [1.54, 1.807) is 6.08 Å². The third-order valence-electron chi connectivity index (χ3n) is 14.7. The van der Waals surface area contributed by atoms with Crippen LogP contribution in [0.2, 0.25) is 0 Å². The summed E-state index contributed by atoms with van der Waals surface area (Å²) in [6.45, 7) is 14.3. The van der Waals surface area contributed by atoms with Crippen molar-refractivity contribution in [3.8, 4) is 0 Å². The van der Waals surface area contributed by atoms with Crippen LogP contribution >= 0.6 is 0 Å². The van der Waals surface area contributed by atoms with Gasteiger partial charge in [-0.3, -0.25) is 9.59 Å². The molecule has 69 heavy (non-hydrogen) atoms. The van der Waals surface area contributed by atoms with E-state index < -0.39 is 0 Å². The number of amides is 1. The number of carbonyl (C=O) groups is 3. The Kier molecular flexibility index (Phi) is 51.0. The zero-order chi connectivity index (χ0) is 50.7. The summed E-state index contributed by atoms with van der Waals surface area (Å²) in [5.41, 5.74) is 0. The average molecular weight is 974 g/mol. The van der Waals surface area contributed by atoms with Gasteiger partial charge in [0.05, 0.1) is 13.2 Å². The maximum atomic E-state index is 14.1. The molecule has 0 fully saturated rings. The molecule has 1 amide bonds. The van der Waals surface area contributed by atoms with Crippen molar-refractivity contribution in [1.82, 2.24) is 9.80 Å². The van der Waals surface area contributed by atoms with Gasteiger partial charge in [-0.1, -0.05) is 240 Å². The van der Waals surface area contributed by atoms with Crippen molar-refractivity contribution in [3.05, 3.63) is 12.2 Å². The Bertz CT molecular complexity index is 1130. The van der Waals surface area contributed by atoms with E-state index in [9.17, 15) is 14.4 Å². The molecule has 0 saturated carbocycles. The Labute approximate surface area is 431 Å². The van der Waals surface area contributed by atoms with Crippen molar-refractivity contribution in [2.45, 2.75) is 317 Å². The number of nitrogens with zero attached hydrogens (tertiary/aromatic N) is 2. The van der Waals surface area contributed by atoms with Crippen LogP contribution in [0.5, 0.6) is 0 Å². The number of esters is 2. The second-order valence-electron chi connectivity index (χ2n) is 21.7. The van der Waals surface area contributed by atoms with Gasteiger partial charge in [0, 0.05) is 31.5 Å². The average Bonchev–Trinajstić information content (AvgIpc) is 3.33. The lowest BCUT2D eigenvalue weighted by molar-refractivity contribution is -0.144. The highest BCUT2D eigenvalue weighted by atomic mass is 16.5. The molecule has 0 bridgehead atoms. The Morgan fingerprint density at radius 1 is 0.420 bits per heavy atom. The number of allylic oxidation sites excluding steroid dienone is 1. The first kappa shape index (κ1) is 67.1. The van der Waals surface area contributed by atoms with E-state index in [2.05, 4.69) is 58.5 Å². The largest absolute Gasteiger partial charge is 0.466 e. The number of ether oxygens (including phenoxy) is 2. The van der Waals surface area contributed by atoms with E-state index in [1.165, 1.54) is 186 Å². The van der Waals surface area contributed by atoms with E-state index in [0.717, 1.165) is 90.1 Å². The Morgan fingerprint density at radius 3 is 1.35 bits per heavy atom. The molecule has 0 saturated heterocycles. The first-order chi connectivity index (χ1) is 33.7. The third-order valence-corrected chi connectivity index (χ3v) is 14.7. The molecule has 0 heterocycles. The van der Waals surface area contributed by atoms with Crippen molar-refractivity contribution < 1.29 is 23.9 Å². The van der Waals surface area contributed by atoms with E-state index in [-0.39, 0.29) is 18.0 Å². The lowest BCUT2D eigenvalue weighted by Gasteiger charge is -2.33. The molecule has 0 N–H and O–H groups in total. The summed E-state index contributed by atoms with van der Waals surface area (Å²) < 4.78 is 11.6. The van der Waals surface area contributed by atoms with Gasteiger partial charge >= 0.3 is 11.9 Å². The van der Waals surface area contributed by atoms with Gasteiger partial charge in [-0.15, -0.1) is 0 Å². The smallest absolute Gasteiger partial charge is 0.330 e. The van der Waals surface area contributed by atoms with E-state index >= 15 is 0 Å². The summed E-state index contributed by atoms with van der Waals surface area (Å²) in [4.78, 5) is 44.1. The van der Waals surface area contributed by atoms with Crippen LogP contribution in [0.3, 0.4) is 0 Å². The van der Waals surface area contributed by atoms with Gasteiger partial charge in [-0.25, -0.2) is 4.79 Å². The molecule has 0 aliphatic heterocycles. The SMILES string of the molecule is CCCCCCCCCCC(CCCCC=CC(=O)OCC(CCCCCC)CCCCCCCC)N(CCCN(C)C)C(=O)CCCCCCC(=O)OCCC(CCCCCC)CCCCCC.